The molecule has 2 heterocycles. The number of nitrogens with zero attached hydrogens (tertiary/aromatic N) is 4. The highest BCUT2D eigenvalue weighted by Gasteiger charge is 2.30. The molecular weight excluding hydrogens is 487 g/mol. The van der Waals surface area contributed by atoms with Crippen LogP contribution in [0, 0.1) is 5.82 Å². The fourth-order valence-electron chi connectivity index (χ4n) is 5.30. The zero-order valence-electron chi connectivity index (χ0n) is 21.5. The quantitative estimate of drug-likeness (QED) is 0.269. The van der Waals surface area contributed by atoms with Crippen molar-refractivity contribution >= 4 is 5.91 Å². The van der Waals surface area contributed by atoms with Crippen molar-refractivity contribution in [2.75, 3.05) is 26.2 Å². The number of benzene rings is 4. The summed E-state index contributed by atoms with van der Waals surface area (Å²) in [7, 11) is 0. The molecule has 0 atom stereocenters. The van der Waals surface area contributed by atoms with E-state index in [0.29, 0.717) is 29.9 Å². The van der Waals surface area contributed by atoms with Gasteiger partial charge < -0.3 is 4.90 Å². The van der Waals surface area contributed by atoms with Gasteiger partial charge in [0.25, 0.3) is 5.91 Å². The number of hydrogen-bond donors (Lipinski definition) is 0. The molecule has 0 N–H and O–H groups in total. The summed E-state index contributed by atoms with van der Waals surface area (Å²) in [6, 6.07) is 37.0. The lowest BCUT2D eigenvalue weighted by molar-refractivity contribution is 0.0598. The molecule has 0 unspecified atom stereocenters. The molecule has 1 amide bonds. The van der Waals surface area contributed by atoms with Gasteiger partial charge in [-0.2, -0.15) is 5.10 Å². The van der Waals surface area contributed by atoms with E-state index in [-0.39, 0.29) is 17.8 Å². The smallest absolute Gasteiger partial charge is 0.257 e. The highest BCUT2D eigenvalue weighted by Crippen LogP contribution is 2.31. The molecule has 194 valence electrons. The van der Waals surface area contributed by atoms with Gasteiger partial charge in [-0.1, -0.05) is 78.9 Å². The molecule has 4 aromatic carbocycles. The van der Waals surface area contributed by atoms with E-state index in [4.69, 9.17) is 5.10 Å². The van der Waals surface area contributed by atoms with E-state index in [0.717, 1.165) is 18.8 Å². The van der Waals surface area contributed by atoms with Crippen molar-refractivity contribution in [2.45, 2.75) is 6.04 Å². The second-order valence-electron chi connectivity index (χ2n) is 9.73. The van der Waals surface area contributed by atoms with Crippen molar-refractivity contribution in [3.8, 4) is 16.9 Å². The van der Waals surface area contributed by atoms with Crippen LogP contribution in [0.4, 0.5) is 4.39 Å². The van der Waals surface area contributed by atoms with E-state index in [9.17, 15) is 9.18 Å². The average Bonchev–Trinajstić information content (AvgIpc) is 3.45. The van der Waals surface area contributed by atoms with E-state index in [1.807, 2.05) is 47.4 Å². The van der Waals surface area contributed by atoms with Crippen molar-refractivity contribution in [2.24, 2.45) is 0 Å². The van der Waals surface area contributed by atoms with Gasteiger partial charge in [-0.3, -0.25) is 9.69 Å². The Morgan fingerprint density at radius 2 is 1.23 bits per heavy atom. The number of para-hydroxylation sites is 1. The zero-order valence-corrected chi connectivity index (χ0v) is 21.5. The van der Waals surface area contributed by atoms with Crippen LogP contribution in [-0.2, 0) is 0 Å². The lowest BCUT2D eigenvalue weighted by Gasteiger charge is -2.39. The predicted octanol–water partition coefficient (Wildman–Crippen LogP) is 6.23. The Balaban J connectivity index is 1.27. The van der Waals surface area contributed by atoms with E-state index in [1.54, 1.807) is 23.0 Å². The number of amides is 1. The Bertz CT molecular complexity index is 1490. The minimum Gasteiger partial charge on any atom is -0.336 e. The Labute approximate surface area is 227 Å². The summed E-state index contributed by atoms with van der Waals surface area (Å²) >= 11 is 0. The summed E-state index contributed by atoms with van der Waals surface area (Å²) in [6.45, 7) is 2.71. The van der Waals surface area contributed by atoms with E-state index >= 15 is 0 Å². The average molecular weight is 517 g/mol. The maximum atomic E-state index is 13.9. The highest BCUT2D eigenvalue weighted by molar-refractivity contribution is 6.00. The first-order chi connectivity index (χ1) is 19.2. The molecule has 1 aromatic heterocycles. The maximum absolute atomic E-state index is 13.9. The molecule has 5 aromatic rings. The Hall–Kier alpha value is -4.55. The highest BCUT2D eigenvalue weighted by atomic mass is 19.1. The third kappa shape index (κ3) is 5.24. The van der Waals surface area contributed by atoms with Crippen LogP contribution < -0.4 is 0 Å². The van der Waals surface area contributed by atoms with Crippen LogP contribution in [0.2, 0.25) is 0 Å². The minimum absolute atomic E-state index is 0.0628. The number of hydrogen-bond acceptors (Lipinski definition) is 3. The van der Waals surface area contributed by atoms with Crippen molar-refractivity contribution in [3.63, 3.8) is 0 Å². The molecule has 0 bridgehead atoms. The van der Waals surface area contributed by atoms with Gasteiger partial charge in [0.1, 0.15) is 11.5 Å². The molecule has 5 nitrogen and oxygen atoms in total. The SMILES string of the molecule is O=C(c1cn(-c2ccccc2)nc1-c1ccc(F)cc1)N1CCN(C(c2ccccc2)c2ccccc2)CC1. The van der Waals surface area contributed by atoms with Crippen LogP contribution in [0.15, 0.2) is 121 Å². The molecule has 0 saturated carbocycles. The molecule has 0 spiro atoms. The minimum atomic E-state index is -0.323. The molecule has 1 aliphatic heterocycles. The monoisotopic (exact) mass is 516 g/mol. The number of carbonyl (C=O) groups is 1. The molecule has 1 fully saturated rings. The lowest BCUT2D eigenvalue weighted by Crippen LogP contribution is -2.49. The van der Waals surface area contributed by atoms with Gasteiger partial charge >= 0.3 is 0 Å². The lowest BCUT2D eigenvalue weighted by atomic mass is 9.96. The Kier molecular flexibility index (Phi) is 7.02. The maximum Gasteiger partial charge on any atom is 0.257 e. The van der Waals surface area contributed by atoms with Gasteiger partial charge in [-0.25, -0.2) is 9.07 Å². The fraction of sp³-hybridized carbons (Fsp3) is 0.152. The van der Waals surface area contributed by atoms with Gasteiger partial charge in [0.05, 0.1) is 17.3 Å². The van der Waals surface area contributed by atoms with E-state index < -0.39 is 0 Å². The van der Waals surface area contributed by atoms with Gasteiger partial charge in [0, 0.05) is 37.9 Å². The van der Waals surface area contributed by atoms with Crippen molar-refractivity contribution < 1.29 is 9.18 Å². The second kappa shape index (κ2) is 11.1. The number of carbonyl (C=O) groups excluding carboxylic acids is 1. The fourth-order valence-corrected chi connectivity index (χ4v) is 5.30. The third-order valence-electron chi connectivity index (χ3n) is 7.28. The topological polar surface area (TPSA) is 41.4 Å². The summed E-state index contributed by atoms with van der Waals surface area (Å²) < 4.78 is 15.4. The standard InChI is InChI=1S/C33H29FN4O/c34-28-18-16-25(17-19-28)31-30(24-38(35-31)29-14-8-3-9-15-29)33(39)37-22-20-36(21-23-37)32(26-10-4-1-5-11-26)27-12-6-2-7-13-27/h1-19,24,32H,20-23H2. The summed E-state index contributed by atoms with van der Waals surface area (Å²) in [4.78, 5) is 18.3. The number of halogens is 1. The van der Waals surface area contributed by atoms with Crippen LogP contribution in [0.3, 0.4) is 0 Å². The molecule has 39 heavy (non-hydrogen) atoms. The van der Waals surface area contributed by atoms with E-state index in [2.05, 4.69) is 53.4 Å². The van der Waals surface area contributed by atoms with Crippen LogP contribution in [0.5, 0.6) is 0 Å². The van der Waals surface area contributed by atoms with E-state index in [1.165, 1.54) is 23.3 Å². The van der Waals surface area contributed by atoms with Gasteiger partial charge in [0.15, 0.2) is 0 Å². The van der Waals surface area contributed by atoms with Crippen molar-refractivity contribution in [1.82, 2.24) is 19.6 Å². The normalized spacial score (nSPS) is 14.1. The summed E-state index contributed by atoms with van der Waals surface area (Å²) in [5.41, 5.74) is 5.12. The number of rotatable bonds is 6. The first kappa shape index (κ1) is 24.8. The number of aromatic nitrogens is 2. The van der Waals surface area contributed by atoms with Crippen LogP contribution in [0.1, 0.15) is 27.5 Å². The van der Waals surface area contributed by atoms with Crippen LogP contribution in [0.25, 0.3) is 16.9 Å². The summed E-state index contributed by atoms with van der Waals surface area (Å²) in [6.07, 6.45) is 1.79. The second-order valence-corrected chi connectivity index (χ2v) is 9.73. The molecule has 6 heteroatoms. The van der Waals surface area contributed by atoms with Crippen molar-refractivity contribution in [1.29, 1.82) is 0 Å². The first-order valence-corrected chi connectivity index (χ1v) is 13.2. The predicted molar refractivity (Wildman–Crippen MR) is 151 cm³/mol. The van der Waals surface area contributed by atoms with Gasteiger partial charge in [-0.05, 0) is 47.5 Å². The Morgan fingerprint density at radius 1 is 0.692 bits per heavy atom. The third-order valence-corrected chi connectivity index (χ3v) is 7.28. The van der Waals surface area contributed by atoms with Gasteiger partial charge in [-0.15, -0.1) is 0 Å². The zero-order chi connectivity index (χ0) is 26.6. The van der Waals surface area contributed by atoms with Crippen LogP contribution in [-0.4, -0.2) is 51.7 Å². The largest absolute Gasteiger partial charge is 0.336 e. The molecule has 1 saturated heterocycles. The van der Waals surface area contributed by atoms with Gasteiger partial charge in [0.2, 0.25) is 0 Å². The Morgan fingerprint density at radius 3 is 1.79 bits per heavy atom. The van der Waals surface area contributed by atoms with Crippen LogP contribution >= 0.6 is 0 Å². The number of piperazine rings is 1. The summed E-state index contributed by atoms with van der Waals surface area (Å²) in [5, 5.41) is 4.76. The van der Waals surface area contributed by atoms with Crippen molar-refractivity contribution in [3.05, 3.63) is 144 Å². The molecule has 0 radical (unpaired) electrons. The summed E-state index contributed by atoms with van der Waals surface area (Å²) in [5.74, 6) is -0.385. The first-order valence-electron chi connectivity index (χ1n) is 13.2. The molecular formula is C33H29FN4O. The molecule has 6 rings (SSSR count). The molecule has 0 aliphatic carbocycles. The molecule has 1 aliphatic rings.